The molecular weight excluding hydrogens is 403 g/mol. The summed E-state index contributed by atoms with van der Waals surface area (Å²) in [6.07, 6.45) is 1.32. The second kappa shape index (κ2) is 8.69. The lowest BCUT2D eigenvalue weighted by Crippen LogP contribution is -2.54. The largest absolute Gasteiger partial charge is 0.339 e. The minimum Gasteiger partial charge on any atom is -0.339 e. The van der Waals surface area contributed by atoms with Crippen molar-refractivity contribution < 1.29 is 9.18 Å². The fraction of sp³-hybridized carbons (Fsp3) is 0.476. The van der Waals surface area contributed by atoms with Crippen LogP contribution in [0.1, 0.15) is 31.1 Å². The van der Waals surface area contributed by atoms with Gasteiger partial charge in [0.1, 0.15) is 22.0 Å². The van der Waals surface area contributed by atoms with Crippen molar-refractivity contribution in [2.75, 3.05) is 13.1 Å². The lowest BCUT2D eigenvalue weighted by Gasteiger charge is -2.36. The summed E-state index contributed by atoms with van der Waals surface area (Å²) < 4.78 is 14.5. The third-order valence-electron chi connectivity index (χ3n) is 5.16. The predicted octanol–water partition coefficient (Wildman–Crippen LogP) is 2.94. The summed E-state index contributed by atoms with van der Waals surface area (Å²) in [6, 6.07) is 5.86. The molecule has 1 N–H and O–H groups in total. The molecule has 9 heteroatoms. The molecule has 1 aliphatic rings. The molecule has 0 spiro atoms. The van der Waals surface area contributed by atoms with Gasteiger partial charge < -0.3 is 10.2 Å². The van der Waals surface area contributed by atoms with Crippen LogP contribution < -0.4 is 5.32 Å². The van der Waals surface area contributed by atoms with Gasteiger partial charge >= 0.3 is 0 Å². The summed E-state index contributed by atoms with van der Waals surface area (Å²) in [5.41, 5.74) is 1.69. The first-order chi connectivity index (χ1) is 14.4. The van der Waals surface area contributed by atoms with Crippen LogP contribution in [-0.2, 0) is 11.2 Å². The molecule has 0 saturated carbocycles. The van der Waals surface area contributed by atoms with Crippen LogP contribution in [0.3, 0.4) is 0 Å². The van der Waals surface area contributed by atoms with Crippen molar-refractivity contribution in [3.63, 3.8) is 0 Å². The molecule has 2 aromatic heterocycles. The molecular formula is C21H25FN6OS. The highest BCUT2D eigenvalue weighted by molar-refractivity contribution is 7.14. The van der Waals surface area contributed by atoms with E-state index in [1.165, 1.54) is 11.3 Å². The highest BCUT2D eigenvalue weighted by atomic mass is 32.1. The summed E-state index contributed by atoms with van der Waals surface area (Å²) in [6.45, 7) is 6.56. The number of benzene rings is 1. The van der Waals surface area contributed by atoms with E-state index in [0.717, 1.165) is 26.5 Å². The molecule has 1 aliphatic heterocycles. The van der Waals surface area contributed by atoms with E-state index >= 15 is 0 Å². The van der Waals surface area contributed by atoms with Crippen molar-refractivity contribution in [1.82, 2.24) is 30.4 Å². The first-order valence-electron chi connectivity index (χ1n) is 10.1. The average Bonchev–Trinajstić information content (AvgIpc) is 3.15. The van der Waals surface area contributed by atoms with Gasteiger partial charge in [0, 0.05) is 35.8 Å². The monoisotopic (exact) mass is 428 g/mol. The lowest BCUT2D eigenvalue weighted by atomic mass is 10.0. The van der Waals surface area contributed by atoms with Gasteiger partial charge in [-0.1, -0.05) is 37.3 Å². The van der Waals surface area contributed by atoms with E-state index in [9.17, 15) is 9.18 Å². The van der Waals surface area contributed by atoms with Gasteiger partial charge in [-0.05, 0) is 19.4 Å². The van der Waals surface area contributed by atoms with E-state index in [2.05, 4.69) is 25.5 Å². The van der Waals surface area contributed by atoms with Crippen molar-refractivity contribution in [2.24, 2.45) is 0 Å². The van der Waals surface area contributed by atoms with E-state index in [4.69, 9.17) is 0 Å². The standard InChI is InChI=1S/C21H25FN6OS/c1-12(2)24-17-6-7-28(11-16(17)22)20(29)9-19-23-10-15-5-4-14(8-18(15)25-19)21-27-26-13(3)30-21/h4-5,8,10,12,16-17,24H,6-7,9,11H2,1-3H3/t16-,17+/m1/s1. The summed E-state index contributed by atoms with van der Waals surface area (Å²) >= 11 is 1.52. The normalized spacial score (nSPS) is 19.6. The molecule has 1 fully saturated rings. The van der Waals surface area contributed by atoms with E-state index < -0.39 is 6.17 Å². The number of hydrogen-bond donors (Lipinski definition) is 1. The number of likely N-dealkylation sites (tertiary alicyclic amines) is 1. The quantitative estimate of drug-likeness (QED) is 0.673. The number of rotatable bonds is 5. The number of hydrogen-bond acceptors (Lipinski definition) is 7. The number of halogens is 1. The number of amides is 1. The Bertz CT molecular complexity index is 1050. The van der Waals surface area contributed by atoms with Gasteiger partial charge in [-0.3, -0.25) is 4.79 Å². The van der Waals surface area contributed by atoms with Gasteiger partial charge in [0.05, 0.1) is 18.5 Å². The summed E-state index contributed by atoms with van der Waals surface area (Å²) in [7, 11) is 0. The van der Waals surface area contributed by atoms with E-state index in [1.54, 1.807) is 11.1 Å². The minimum atomic E-state index is -1.07. The Morgan fingerprint density at radius 1 is 1.37 bits per heavy atom. The van der Waals surface area contributed by atoms with E-state index in [0.29, 0.717) is 18.8 Å². The van der Waals surface area contributed by atoms with Gasteiger partial charge in [-0.2, -0.15) is 0 Å². The molecule has 2 atom stereocenters. The fourth-order valence-corrected chi connectivity index (χ4v) is 4.38. The number of aromatic nitrogens is 4. The van der Waals surface area contributed by atoms with Gasteiger partial charge in [-0.25, -0.2) is 14.4 Å². The molecule has 1 saturated heterocycles. The zero-order valence-corrected chi connectivity index (χ0v) is 18.1. The van der Waals surface area contributed by atoms with Crippen LogP contribution >= 0.6 is 11.3 Å². The molecule has 158 valence electrons. The number of nitrogens with one attached hydrogen (secondary N) is 1. The van der Waals surface area contributed by atoms with Gasteiger partial charge in [-0.15, -0.1) is 10.2 Å². The Morgan fingerprint density at radius 3 is 2.90 bits per heavy atom. The Kier molecular flexibility index (Phi) is 6.01. The topological polar surface area (TPSA) is 83.9 Å². The second-order valence-electron chi connectivity index (χ2n) is 7.94. The molecule has 0 aliphatic carbocycles. The number of alkyl halides is 1. The molecule has 0 radical (unpaired) electrons. The number of carbonyl (C=O) groups is 1. The Hall–Kier alpha value is -2.52. The Balaban J connectivity index is 1.46. The average molecular weight is 429 g/mol. The fourth-order valence-electron chi connectivity index (χ4n) is 3.69. The van der Waals surface area contributed by atoms with Crippen LogP contribution in [0, 0.1) is 6.92 Å². The van der Waals surface area contributed by atoms with Gasteiger partial charge in [0.2, 0.25) is 5.91 Å². The lowest BCUT2D eigenvalue weighted by molar-refractivity contribution is -0.133. The zero-order chi connectivity index (χ0) is 21.3. The van der Waals surface area contributed by atoms with Crippen molar-refractivity contribution >= 4 is 28.1 Å². The molecule has 7 nitrogen and oxygen atoms in total. The highest BCUT2D eigenvalue weighted by Crippen LogP contribution is 2.26. The van der Waals surface area contributed by atoms with Crippen LogP contribution in [0.5, 0.6) is 0 Å². The zero-order valence-electron chi connectivity index (χ0n) is 17.3. The third-order valence-corrected chi connectivity index (χ3v) is 6.04. The number of fused-ring (bicyclic) bond motifs is 1. The number of piperidine rings is 1. The van der Waals surface area contributed by atoms with Crippen LogP contribution in [0.4, 0.5) is 4.39 Å². The van der Waals surface area contributed by atoms with Crippen LogP contribution in [0.15, 0.2) is 24.4 Å². The molecule has 1 amide bonds. The third kappa shape index (κ3) is 4.62. The van der Waals surface area contributed by atoms with Crippen molar-refractivity contribution in [3.05, 3.63) is 35.2 Å². The first kappa shape index (κ1) is 20.7. The Morgan fingerprint density at radius 2 is 2.20 bits per heavy atom. The van der Waals surface area contributed by atoms with Gasteiger partial charge in [0.25, 0.3) is 0 Å². The smallest absolute Gasteiger partial charge is 0.230 e. The van der Waals surface area contributed by atoms with Gasteiger partial charge in [0.15, 0.2) is 0 Å². The molecule has 3 aromatic rings. The second-order valence-corrected chi connectivity index (χ2v) is 9.12. The number of carbonyl (C=O) groups excluding carboxylic acids is 1. The van der Waals surface area contributed by atoms with Crippen molar-refractivity contribution in [3.8, 4) is 10.6 Å². The summed E-state index contributed by atoms with van der Waals surface area (Å²) in [5.74, 6) is 0.298. The summed E-state index contributed by atoms with van der Waals surface area (Å²) in [5, 5.41) is 14.1. The van der Waals surface area contributed by atoms with Crippen LogP contribution in [-0.4, -0.2) is 62.3 Å². The molecule has 1 aromatic carbocycles. The Labute approximate surface area is 178 Å². The maximum Gasteiger partial charge on any atom is 0.230 e. The van der Waals surface area contributed by atoms with Crippen molar-refractivity contribution in [1.29, 1.82) is 0 Å². The first-order valence-corrected chi connectivity index (χ1v) is 10.9. The predicted molar refractivity (Wildman–Crippen MR) is 115 cm³/mol. The molecule has 0 unspecified atom stereocenters. The summed E-state index contributed by atoms with van der Waals surface area (Å²) in [4.78, 5) is 23.2. The van der Waals surface area contributed by atoms with Crippen LogP contribution in [0.2, 0.25) is 0 Å². The molecule has 3 heterocycles. The molecule has 4 rings (SSSR count). The van der Waals surface area contributed by atoms with E-state index in [1.807, 2.05) is 39.0 Å². The number of nitrogens with zero attached hydrogens (tertiary/aromatic N) is 5. The number of aryl methyl sites for hydroxylation is 1. The highest BCUT2D eigenvalue weighted by Gasteiger charge is 2.31. The van der Waals surface area contributed by atoms with Crippen LogP contribution in [0.25, 0.3) is 21.5 Å². The maximum atomic E-state index is 14.5. The molecule has 0 bridgehead atoms. The molecule has 30 heavy (non-hydrogen) atoms. The minimum absolute atomic E-state index is 0.0626. The maximum absolute atomic E-state index is 14.5. The van der Waals surface area contributed by atoms with Crippen molar-refractivity contribution in [2.45, 2.75) is 51.9 Å². The SMILES string of the molecule is Cc1nnc(-c2ccc3cnc(CC(=O)N4CC[C@H](NC(C)C)[C@H](F)C4)nc3c2)s1. The van der Waals surface area contributed by atoms with E-state index in [-0.39, 0.29) is 31.0 Å².